The molecule has 0 radical (unpaired) electrons. The first-order chi connectivity index (χ1) is 14.2. The van der Waals surface area contributed by atoms with Crippen LogP contribution in [0.4, 0.5) is 0 Å². The Bertz CT molecular complexity index is 1070. The smallest absolute Gasteiger partial charge is 0.207 e. The minimum Gasteiger partial charge on any atom is -0.207 e. The van der Waals surface area contributed by atoms with Gasteiger partial charge in [-0.3, -0.25) is 0 Å². The van der Waals surface area contributed by atoms with Crippen molar-refractivity contribution in [3.05, 3.63) is 77.2 Å². The van der Waals surface area contributed by atoms with E-state index in [-0.39, 0.29) is 6.54 Å². The SMILES string of the molecule is CC#CCN(CCC(=C=CC)[Si](C)(C)c1ccccc1)S(=O)(=O)c1ccc(C)cc1. The lowest BCUT2D eigenvalue weighted by Gasteiger charge is -2.27. The maximum atomic E-state index is 13.3. The van der Waals surface area contributed by atoms with Crippen LogP contribution in [0, 0.1) is 18.8 Å². The van der Waals surface area contributed by atoms with E-state index in [0.29, 0.717) is 17.9 Å². The lowest BCUT2D eigenvalue weighted by molar-refractivity contribution is 0.451. The van der Waals surface area contributed by atoms with E-state index in [4.69, 9.17) is 0 Å². The molecule has 2 aromatic rings. The topological polar surface area (TPSA) is 37.4 Å². The molecule has 0 aliphatic carbocycles. The molecule has 0 spiro atoms. The molecule has 2 rings (SSSR count). The molecule has 0 aliphatic rings. The Labute approximate surface area is 183 Å². The fourth-order valence-corrected chi connectivity index (χ4v) is 7.28. The second-order valence-corrected chi connectivity index (χ2v) is 14.1. The highest BCUT2D eigenvalue weighted by atomic mass is 32.2. The van der Waals surface area contributed by atoms with E-state index in [1.165, 1.54) is 14.7 Å². The largest absolute Gasteiger partial charge is 0.243 e. The van der Waals surface area contributed by atoms with Crippen molar-refractivity contribution in [2.45, 2.75) is 45.2 Å². The summed E-state index contributed by atoms with van der Waals surface area (Å²) in [5, 5.41) is 2.51. The number of rotatable bonds is 8. The molecule has 5 heteroatoms. The van der Waals surface area contributed by atoms with Gasteiger partial charge < -0.3 is 0 Å². The summed E-state index contributed by atoms with van der Waals surface area (Å²) in [6, 6.07) is 17.4. The molecule has 0 aliphatic heterocycles. The van der Waals surface area contributed by atoms with Crippen molar-refractivity contribution in [3.8, 4) is 11.8 Å². The Hall–Kier alpha value is -2.35. The molecule has 30 heavy (non-hydrogen) atoms. The average Bonchev–Trinajstić information content (AvgIpc) is 2.73. The molecule has 158 valence electrons. The Kier molecular flexibility index (Phi) is 8.46. The first-order valence-electron chi connectivity index (χ1n) is 10.2. The lowest BCUT2D eigenvalue weighted by atomic mass is 10.2. The van der Waals surface area contributed by atoms with E-state index < -0.39 is 18.1 Å². The summed E-state index contributed by atoms with van der Waals surface area (Å²) < 4.78 is 28.0. The fraction of sp³-hybridized carbons (Fsp3) is 0.320. The van der Waals surface area contributed by atoms with Gasteiger partial charge >= 0.3 is 0 Å². The van der Waals surface area contributed by atoms with Gasteiger partial charge in [0, 0.05) is 6.54 Å². The van der Waals surface area contributed by atoms with Crippen LogP contribution in [-0.4, -0.2) is 33.9 Å². The summed E-state index contributed by atoms with van der Waals surface area (Å²) in [5.74, 6) is 5.76. The predicted molar refractivity (Wildman–Crippen MR) is 129 cm³/mol. The first-order valence-corrected chi connectivity index (χ1v) is 14.6. The molecule has 2 aromatic carbocycles. The standard InChI is InChI=1S/C25H31NO2SSi/c1-6-8-20-26(29(27,28)23-17-15-22(3)16-18-23)21-19-24(12-7-2)30(4,5)25-13-10-9-11-14-25/h7,9-11,13-18H,19-21H2,1-5H3. The van der Waals surface area contributed by atoms with Gasteiger partial charge in [-0.2, -0.15) is 4.31 Å². The molecule has 0 amide bonds. The molecule has 0 atom stereocenters. The van der Waals surface area contributed by atoms with Crippen LogP contribution < -0.4 is 5.19 Å². The molecule has 0 unspecified atom stereocenters. The van der Waals surface area contributed by atoms with Crippen LogP contribution in [0.2, 0.25) is 13.1 Å². The maximum Gasteiger partial charge on any atom is 0.243 e. The zero-order valence-electron chi connectivity index (χ0n) is 18.6. The zero-order valence-corrected chi connectivity index (χ0v) is 20.4. The van der Waals surface area contributed by atoms with Crippen molar-refractivity contribution in [1.82, 2.24) is 4.31 Å². The summed E-state index contributed by atoms with van der Waals surface area (Å²) in [5.41, 5.74) is 4.46. The Morgan fingerprint density at radius 3 is 2.27 bits per heavy atom. The number of benzene rings is 2. The number of aryl methyl sites for hydroxylation is 1. The van der Waals surface area contributed by atoms with Gasteiger partial charge in [0.25, 0.3) is 0 Å². The van der Waals surface area contributed by atoms with Gasteiger partial charge in [-0.15, -0.1) is 11.7 Å². The molecule has 0 bridgehead atoms. The quantitative estimate of drug-likeness (QED) is 0.342. The number of hydrogen-bond donors (Lipinski definition) is 0. The molecule has 3 nitrogen and oxygen atoms in total. The van der Waals surface area contributed by atoms with Crippen LogP contribution in [0.25, 0.3) is 0 Å². The molecule has 0 heterocycles. The summed E-state index contributed by atoms with van der Waals surface area (Å²) in [7, 11) is -5.57. The summed E-state index contributed by atoms with van der Waals surface area (Å²) in [6.07, 6.45) is 2.56. The normalized spacial score (nSPS) is 11.4. The number of nitrogens with zero attached hydrogens (tertiary/aromatic N) is 1. The summed E-state index contributed by atoms with van der Waals surface area (Å²) in [4.78, 5) is 0.308. The lowest BCUT2D eigenvalue weighted by Crippen LogP contribution is -2.44. The van der Waals surface area contributed by atoms with E-state index in [9.17, 15) is 8.42 Å². The molecule has 0 aromatic heterocycles. The van der Waals surface area contributed by atoms with E-state index in [2.05, 4.69) is 54.9 Å². The van der Waals surface area contributed by atoms with Gasteiger partial charge in [0.2, 0.25) is 10.0 Å². The van der Waals surface area contributed by atoms with E-state index in [1.54, 1.807) is 19.1 Å². The van der Waals surface area contributed by atoms with Crippen LogP contribution in [0.5, 0.6) is 0 Å². The monoisotopic (exact) mass is 437 g/mol. The van der Waals surface area contributed by atoms with Crippen LogP contribution in [0.3, 0.4) is 0 Å². The Morgan fingerprint density at radius 2 is 1.70 bits per heavy atom. The van der Waals surface area contributed by atoms with Gasteiger partial charge in [0.05, 0.1) is 11.4 Å². The second kappa shape index (κ2) is 10.6. The summed E-state index contributed by atoms with van der Waals surface area (Å²) >= 11 is 0. The van der Waals surface area contributed by atoms with Gasteiger partial charge in [0.15, 0.2) is 0 Å². The third-order valence-corrected chi connectivity index (χ3v) is 10.8. The van der Waals surface area contributed by atoms with Crippen molar-refractivity contribution >= 4 is 23.3 Å². The minimum absolute atomic E-state index is 0.184. The summed E-state index contributed by atoms with van der Waals surface area (Å²) in [6.45, 7) is 10.8. The second-order valence-electron chi connectivity index (χ2n) is 7.73. The van der Waals surface area contributed by atoms with Gasteiger partial charge in [-0.25, -0.2) is 8.42 Å². The first kappa shape index (κ1) is 23.9. The third kappa shape index (κ3) is 5.84. The van der Waals surface area contributed by atoms with E-state index >= 15 is 0 Å². The molecule has 0 saturated heterocycles. The van der Waals surface area contributed by atoms with Crippen LogP contribution in [0.1, 0.15) is 25.8 Å². The van der Waals surface area contributed by atoms with Crippen molar-refractivity contribution in [2.75, 3.05) is 13.1 Å². The van der Waals surface area contributed by atoms with E-state index in [0.717, 1.165) is 5.56 Å². The average molecular weight is 438 g/mol. The van der Waals surface area contributed by atoms with Crippen LogP contribution >= 0.6 is 0 Å². The van der Waals surface area contributed by atoms with Crippen LogP contribution in [0.15, 0.2) is 76.5 Å². The Morgan fingerprint density at radius 1 is 1.07 bits per heavy atom. The van der Waals surface area contributed by atoms with E-state index in [1.807, 2.05) is 38.1 Å². The van der Waals surface area contributed by atoms with Gasteiger partial charge in [-0.05, 0) is 50.6 Å². The number of hydrogen-bond acceptors (Lipinski definition) is 2. The fourth-order valence-electron chi connectivity index (χ4n) is 3.32. The number of sulfonamides is 1. The molecular weight excluding hydrogens is 406 g/mol. The molecular formula is C25H31NO2SSi. The van der Waals surface area contributed by atoms with Crippen molar-refractivity contribution in [2.24, 2.45) is 0 Å². The highest BCUT2D eigenvalue weighted by Gasteiger charge is 2.30. The zero-order chi connectivity index (χ0) is 22.2. The Balaban J connectivity index is 2.34. The minimum atomic E-state index is -3.62. The third-order valence-electron chi connectivity index (χ3n) is 5.27. The maximum absolute atomic E-state index is 13.3. The molecule has 0 fully saturated rings. The highest BCUT2D eigenvalue weighted by Crippen LogP contribution is 2.21. The van der Waals surface area contributed by atoms with Gasteiger partial charge in [0.1, 0.15) is 8.07 Å². The van der Waals surface area contributed by atoms with Gasteiger partial charge in [-0.1, -0.05) is 72.2 Å². The van der Waals surface area contributed by atoms with Crippen molar-refractivity contribution < 1.29 is 8.42 Å². The highest BCUT2D eigenvalue weighted by molar-refractivity contribution is 7.89. The van der Waals surface area contributed by atoms with Crippen molar-refractivity contribution in [3.63, 3.8) is 0 Å². The predicted octanol–water partition coefficient (Wildman–Crippen LogP) is 4.66. The molecule has 0 saturated carbocycles. The van der Waals surface area contributed by atoms with Crippen molar-refractivity contribution in [1.29, 1.82) is 0 Å². The molecule has 0 N–H and O–H groups in total. The van der Waals surface area contributed by atoms with Crippen LogP contribution in [-0.2, 0) is 10.0 Å².